The van der Waals surface area contributed by atoms with E-state index in [2.05, 4.69) is 13.8 Å². The van der Waals surface area contributed by atoms with E-state index in [1.54, 1.807) is 0 Å². The van der Waals surface area contributed by atoms with Crippen LogP contribution >= 0.6 is 0 Å². The molecule has 3 rings (SSSR count). The molecule has 3 nitrogen and oxygen atoms in total. The number of hydrogen-bond acceptors (Lipinski definition) is 2. The average Bonchev–Trinajstić information content (AvgIpc) is 1.79. The molecule has 3 heteroatoms. The minimum Gasteiger partial charge on any atom is -0.480 e. The largest absolute Gasteiger partial charge is 0.480 e. The van der Waals surface area contributed by atoms with E-state index in [0.717, 1.165) is 19.3 Å². The van der Waals surface area contributed by atoms with Crippen molar-refractivity contribution in [1.29, 1.82) is 0 Å². The van der Waals surface area contributed by atoms with Crippen LogP contribution in [0.15, 0.2) is 0 Å². The first-order valence-electron chi connectivity index (χ1n) is 4.90. The molecule has 0 unspecified atom stereocenters. The van der Waals surface area contributed by atoms with Crippen molar-refractivity contribution in [3.8, 4) is 0 Å². The Balaban J connectivity index is 2.00. The summed E-state index contributed by atoms with van der Waals surface area (Å²) in [5.41, 5.74) is 6.07. The van der Waals surface area contributed by atoms with Crippen LogP contribution in [0.5, 0.6) is 0 Å². The minimum atomic E-state index is -0.836. The molecule has 1 atom stereocenters. The summed E-state index contributed by atoms with van der Waals surface area (Å²) >= 11 is 0. The molecule has 0 saturated heterocycles. The number of carbonyl (C=O) groups is 1. The predicted molar refractivity (Wildman–Crippen MR) is 49.2 cm³/mol. The van der Waals surface area contributed by atoms with Gasteiger partial charge in [-0.15, -0.1) is 0 Å². The summed E-state index contributed by atoms with van der Waals surface area (Å²) in [5.74, 6) is -0.160. The fraction of sp³-hybridized carbons (Fsp3) is 0.900. The lowest BCUT2D eigenvalue weighted by molar-refractivity contribution is -0.241. The van der Waals surface area contributed by atoms with Gasteiger partial charge in [0.15, 0.2) is 0 Å². The molecule has 0 aromatic rings. The van der Waals surface area contributed by atoms with E-state index in [1.165, 1.54) is 0 Å². The second kappa shape index (κ2) is 2.27. The molecule has 0 radical (unpaired) electrons. The van der Waals surface area contributed by atoms with E-state index in [-0.39, 0.29) is 5.41 Å². The van der Waals surface area contributed by atoms with Crippen molar-refractivity contribution in [2.75, 3.05) is 0 Å². The summed E-state index contributed by atoms with van der Waals surface area (Å²) in [6.07, 6.45) is 3.10. The normalized spacial score (nSPS) is 43.7. The highest BCUT2D eigenvalue weighted by Crippen LogP contribution is 2.77. The molecule has 0 aromatic heterocycles. The fourth-order valence-electron chi connectivity index (χ4n) is 3.15. The highest BCUT2D eigenvalue weighted by Gasteiger charge is 2.71. The molecular formula is C10H17NO2. The lowest BCUT2D eigenvalue weighted by Gasteiger charge is -2.74. The van der Waals surface area contributed by atoms with Gasteiger partial charge in [0.05, 0.1) is 0 Å². The van der Waals surface area contributed by atoms with Gasteiger partial charge in [0, 0.05) is 0 Å². The van der Waals surface area contributed by atoms with Gasteiger partial charge in [-0.1, -0.05) is 13.8 Å². The monoisotopic (exact) mass is 183 g/mol. The summed E-state index contributed by atoms with van der Waals surface area (Å²) in [6, 6.07) is -0.631. The first-order valence-corrected chi connectivity index (χ1v) is 4.90. The maximum absolute atomic E-state index is 10.7. The number of carboxylic acids is 1. The quantitative estimate of drug-likeness (QED) is 0.691. The molecule has 0 amide bonds. The van der Waals surface area contributed by atoms with Crippen LogP contribution < -0.4 is 5.73 Å². The average molecular weight is 183 g/mol. The molecule has 0 heterocycles. The van der Waals surface area contributed by atoms with Crippen molar-refractivity contribution in [3.63, 3.8) is 0 Å². The Labute approximate surface area is 78.3 Å². The third-order valence-electron chi connectivity index (χ3n) is 4.26. The van der Waals surface area contributed by atoms with E-state index in [1.807, 2.05) is 0 Å². The Hall–Kier alpha value is -0.570. The van der Waals surface area contributed by atoms with E-state index in [4.69, 9.17) is 10.8 Å². The van der Waals surface area contributed by atoms with Gasteiger partial charge in [-0.2, -0.15) is 0 Å². The number of carboxylic acid groups (broad SMARTS) is 1. The molecule has 3 aliphatic carbocycles. The van der Waals surface area contributed by atoms with E-state index >= 15 is 0 Å². The van der Waals surface area contributed by atoms with Gasteiger partial charge in [0.25, 0.3) is 0 Å². The van der Waals surface area contributed by atoms with E-state index in [0.29, 0.717) is 11.3 Å². The zero-order chi connectivity index (χ0) is 9.85. The molecule has 3 saturated carbocycles. The molecule has 13 heavy (non-hydrogen) atoms. The fourth-order valence-corrected chi connectivity index (χ4v) is 3.15. The van der Waals surface area contributed by atoms with Gasteiger partial charge in [0.1, 0.15) is 6.04 Å². The standard InChI is InChI=1S/C10H17NO2/c1-6(2)9-3-10(4-9,5-9)7(11)8(12)13/h6-7H,3-5,11H2,1-2H3,(H,12,13)/t7-,9?,10?/m0/s1. The van der Waals surface area contributed by atoms with Crippen molar-refractivity contribution in [2.45, 2.75) is 39.2 Å². The molecule has 0 spiro atoms. The molecule has 2 bridgehead atoms. The maximum atomic E-state index is 10.7. The first-order chi connectivity index (χ1) is 5.92. The molecule has 74 valence electrons. The van der Waals surface area contributed by atoms with Crippen LogP contribution in [0.3, 0.4) is 0 Å². The number of rotatable bonds is 3. The van der Waals surface area contributed by atoms with Crippen LogP contribution in [0.2, 0.25) is 0 Å². The van der Waals surface area contributed by atoms with Crippen molar-refractivity contribution < 1.29 is 9.90 Å². The molecule has 0 aliphatic heterocycles. The minimum absolute atomic E-state index is 0.0316. The number of nitrogens with two attached hydrogens (primary N) is 1. The number of aliphatic carboxylic acids is 1. The van der Waals surface area contributed by atoms with Crippen molar-refractivity contribution in [2.24, 2.45) is 22.5 Å². The summed E-state index contributed by atoms with van der Waals surface area (Å²) < 4.78 is 0. The third kappa shape index (κ3) is 0.909. The van der Waals surface area contributed by atoms with Crippen LogP contribution in [-0.4, -0.2) is 17.1 Å². The Morgan fingerprint density at radius 2 is 1.77 bits per heavy atom. The lowest BCUT2D eigenvalue weighted by atomic mass is 9.30. The van der Waals surface area contributed by atoms with Gasteiger partial charge < -0.3 is 10.8 Å². The summed E-state index contributed by atoms with van der Waals surface area (Å²) in [4.78, 5) is 10.7. The van der Waals surface area contributed by atoms with Crippen LogP contribution in [0.1, 0.15) is 33.1 Å². The number of hydrogen-bond donors (Lipinski definition) is 2. The second-order valence-electron chi connectivity index (χ2n) is 5.23. The SMILES string of the molecule is CC(C)C12CC([C@@H](N)C(=O)O)(C1)C2. The van der Waals surface area contributed by atoms with E-state index in [9.17, 15) is 4.79 Å². The highest BCUT2D eigenvalue weighted by molar-refractivity contribution is 5.75. The van der Waals surface area contributed by atoms with Gasteiger partial charge >= 0.3 is 5.97 Å². The van der Waals surface area contributed by atoms with Crippen molar-refractivity contribution in [3.05, 3.63) is 0 Å². The molecular weight excluding hydrogens is 166 g/mol. The zero-order valence-electron chi connectivity index (χ0n) is 8.21. The van der Waals surface area contributed by atoms with Gasteiger partial charge in [0.2, 0.25) is 0 Å². The summed E-state index contributed by atoms with van der Waals surface area (Å²) in [6.45, 7) is 4.44. The van der Waals surface area contributed by atoms with Gasteiger partial charge in [-0.25, -0.2) is 0 Å². The molecule has 3 aliphatic rings. The first kappa shape index (κ1) is 9.00. The molecule has 3 fully saturated rings. The van der Waals surface area contributed by atoms with Crippen LogP contribution in [-0.2, 0) is 4.79 Å². The topological polar surface area (TPSA) is 63.3 Å². The van der Waals surface area contributed by atoms with Crippen LogP contribution in [0.25, 0.3) is 0 Å². The second-order valence-corrected chi connectivity index (χ2v) is 5.23. The van der Waals surface area contributed by atoms with Crippen molar-refractivity contribution in [1.82, 2.24) is 0 Å². The zero-order valence-corrected chi connectivity index (χ0v) is 8.21. The van der Waals surface area contributed by atoms with Crippen molar-refractivity contribution >= 4 is 5.97 Å². The Morgan fingerprint density at radius 3 is 2.08 bits per heavy atom. The summed E-state index contributed by atoms with van der Waals surface area (Å²) in [5, 5.41) is 8.80. The smallest absolute Gasteiger partial charge is 0.321 e. The Morgan fingerprint density at radius 1 is 1.31 bits per heavy atom. The van der Waals surface area contributed by atoms with Gasteiger partial charge in [-0.3, -0.25) is 4.79 Å². The van der Waals surface area contributed by atoms with Crippen LogP contribution in [0, 0.1) is 16.7 Å². The lowest BCUT2D eigenvalue weighted by Crippen LogP contribution is -2.71. The van der Waals surface area contributed by atoms with Gasteiger partial charge in [-0.05, 0) is 36.0 Å². The van der Waals surface area contributed by atoms with Crippen LogP contribution in [0.4, 0.5) is 0 Å². The van der Waals surface area contributed by atoms with E-state index < -0.39 is 12.0 Å². The Kier molecular flexibility index (Phi) is 1.57. The maximum Gasteiger partial charge on any atom is 0.321 e. The summed E-state index contributed by atoms with van der Waals surface area (Å²) in [7, 11) is 0. The highest BCUT2D eigenvalue weighted by atomic mass is 16.4. The molecule has 3 N–H and O–H groups in total. The Bertz CT molecular complexity index is 240. The third-order valence-corrected chi connectivity index (χ3v) is 4.26. The predicted octanol–water partition coefficient (Wildman–Crippen LogP) is 1.22. The molecule has 0 aromatic carbocycles.